The van der Waals surface area contributed by atoms with Crippen molar-refractivity contribution in [3.05, 3.63) is 35.6 Å². The van der Waals surface area contributed by atoms with Gasteiger partial charge in [-0.1, -0.05) is 25.0 Å². The highest BCUT2D eigenvalue weighted by Crippen LogP contribution is 2.37. The van der Waals surface area contributed by atoms with Crippen LogP contribution in [0.5, 0.6) is 0 Å². The van der Waals surface area contributed by atoms with Crippen molar-refractivity contribution in [3.63, 3.8) is 0 Å². The number of carbonyl (C=O) groups excluding carboxylic acids is 2. The van der Waals surface area contributed by atoms with Gasteiger partial charge in [0, 0.05) is 6.42 Å². The van der Waals surface area contributed by atoms with Gasteiger partial charge in [0.15, 0.2) is 0 Å². The molecular formula is C17H19FN2O3. The maximum Gasteiger partial charge on any atom is 0.328 e. The zero-order chi connectivity index (χ0) is 16.9. The van der Waals surface area contributed by atoms with Crippen LogP contribution in [0.4, 0.5) is 4.39 Å². The summed E-state index contributed by atoms with van der Waals surface area (Å²) in [6.07, 6.45) is 2.82. The molecule has 0 saturated heterocycles. The fraction of sp³-hybridized carbons (Fsp3) is 0.471. The molecule has 1 atom stereocenters. The van der Waals surface area contributed by atoms with Crippen LogP contribution in [-0.2, 0) is 20.7 Å². The summed E-state index contributed by atoms with van der Waals surface area (Å²) in [5.41, 5.74) is -0.366. The lowest BCUT2D eigenvalue weighted by Crippen LogP contribution is -2.48. The highest BCUT2D eigenvalue weighted by atomic mass is 19.1. The SMILES string of the molecule is COC(=O)C(Cc1ccc(F)cc1)NC(=O)C1(C#N)CCCC1. The molecule has 1 aliphatic carbocycles. The third kappa shape index (κ3) is 3.86. The number of esters is 1. The number of benzene rings is 1. The molecule has 5 nitrogen and oxygen atoms in total. The number of hydrogen-bond donors (Lipinski definition) is 1. The summed E-state index contributed by atoms with van der Waals surface area (Å²) in [4.78, 5) is 24.4. The summed E-state index contributed by atoms with van der Waals surface area (Å²) in [5, 5.41) is 12.0. The van der Waals surface area contributed by atoms with Crippen LogP contribution in [0.3, 0.4) is 0 Å². The highest BCUT2D eigenvalue weighted by Gasteiger charge is 2.42. The standard InChI is InChI=1S/C17H19FN2O3/c1-23-15(21)14(10-12-4-6-13(18)7-5-12)20-16(22)17(11-19)8-2-3-9-17/h4-7,14H,2-3,8-10H2,1H3,(H,20,22). The Labute approximate surface area is 134 Å². The Morgan fingerprint density at radius 1 is 1.35 bits per heavy atom. The summed E-state index contributed by atoms with van der Waals surface area (Å²) in [6, 6.07) is 6.88. The van der Waals surface area contributed by atoms with Gasteiger partial charge in [0.05, 0.1) is 13.2 Å². The number of hydrogen-bond acceptors (Lipinski definition) is 4. The third-order valence-electron chi connectivity index (χ3n) is 4.25. The van der Waals surface area contributed by atoms with Crippen LogP contribution in [0.15, 0.2) is 24.3 Å². The van der Waals surface area contributed by atoms with E-state index >= 15 is 0 Å². The number of nitrogens with zero attached hydrogens (tertiary/aromatic N) is 1. The molecule has 6 heteroatoms. The number of nitrogens with one attached hydrogen (secondary N) is 1. The molecular weight excluding hydrogens is 299 g/mol. The number of nitriles is 1. The first kappa shape index (κ1) is 16.9. The van der Waals surface area contributed by atoms with Crippen molar-refractivity contribution in [2.75, 3.05) is 7.11 Å². The minimum absolute atomic E-state index is 0.181. The molecule has 0 bridgehead atoms. The van der Waals surface area contributed by atoms with Gasteiger partial charge in [-0.2, -0.15) is 5.26 Å². The maximum atomic E-state index is 13.0. The van der Waals surface area contributed by atoms with Crippen molar-refractivity contribution in [2.24, 2.45) is 5.41 Å². The van der Waals surface area contributed by atoms with Crippen LogP contribution in [0.2, 0.25) is 0 Å². The topological polar surface area (TPSA) is 79.2 Å². The second-order valence-corrected chi connectivity index (χ2v) is 5.78. The van der Waals surface area contributed by atoms with Gasteiger partial charge < -0.3 is 10.1 Å². The van der Waals surface area contributed by atoms with Crippen molar-refractivity contribution in [2.45, 2.75) is 38.1 Å². The van der Waals surface area contributed by atoms with Crippen molar-refractivity contribution < 1.29 is 18.7 Å². The van der Waals surface area contributed by atoms with Crippen LogP contribution < -0.4 is 5.32 Å². The van der Waals surface area contributed by atoms with E-state index in [1.807, 2.05) is 0 Å². The lowest BCUT2D eigenvalue weighted by atomic mass is 9.86. The summed E-state index contributed by atoms with van der Waals surface area (Å²) in [5.74, 6) is -1.40. The van der Waals surface area contributed by atoms with Crippen LogP contribution in [0, 0.1) is 22.6 Å². The molecule has 1 saturated carbocycles. The van der Waals surface area contributed by atoms with E-state index in [2.05, 4.69) is 11.4 Å². The molecule has 0 spiro atoms. The van der Waals surface area contributed by atoms with Gasteiger partial charge in [-0.15, -0.1) is 0 Å². The first-order valence-corrected chi connectivity index (χ1v) is 7.55. The Kier molecular flexibility index (Phi) is 5.32. The number of halogens is 1. The summed E-state index contributed by atoms with van der Waals surface area (Å²) < 4.78 is 17.7. The minimum atomic E-state index is -1.06. The van der Waals surface area contributed by atoms with Crippen molar-refractivity contribution >= 4 is 11.9 Å². The Morgan fingerprint density at radius 2 is 1.96 bits per heavy atom. The molecule has 1 aromatic carbocycles. The molecule has 0 radical (unpaired) electrons. The van der Waals surface area contributed by atoms with Gasteiger partial charge in [-0.3, -0.25) is 4.79 Å². The predicted molar refractivity (Wildman–Crippen MR) is 80.6 cm³/mol. The fourth-order valence-corrected chi connectivity index (χ4v) is 2.86. The lowest BCUT2D eigenvalue weighted by Gasteiger charge is -2.23. The van der Waals surface area contributed by atoms with E-state index in [1.54, 1.807) is 12.1 Å². The number of methoxy groups -OCH3 is 1. The molecule has 1 aliphatic rings. The van der Waals surface area contributed by atoms with Crippen molar-refractivity contribution in [3.8, 4) is 6.07 Å². The average molecular weight is 318 g/mol. The fourth-order valence-electron chi connectivity index (χ4n) is 2.86. The third-order valence-corrected chi connectivity index (χ3v) is 4.25. The summed E-state index contributed by atoms with van der Waals surface area (Å²) in [6.45, 7) is 0. The van der Waals surface area contributed by atoms with E-state index in [0.29, 0.717) is 18.4 Å². The zero-order valence-corrected chi connectivity index (χ0v) is 13.0. The van der Waals surface area contributed by atoms with E-state index in [4.69, 9.17) is 4.74 Å². The van der Waals surface area contributed by atoms with Crippen LogP contribution in [0.25, 0.3) is 0 Å². The van der Waals surface area contributed by atoms with Crippen LogP contribution in [-0.4, -0.2) is 25.0 Å². The Balaban J connectivity index is 2.12. The molecule has 1 amide bonds. The second kappa shape index (κ2) is 7.23. The molecule has 2 rings (SSSR count). The number of carbonyl (C=O) groups is 2. The minimum Gasteiger partial charge on any atom is -0.467 e. The molecule has 1 N–H and O–H groups in total. The predicted octanol–water partition coefficient (Wildman–Crippen LogP) is 2.11. The van der Waals surface area contributed by atoms with Gasteiger partial charge in [0.25, 0.3) is 0 Å². The first-order chi connectivity index (χ1) is 11.0. The Hall–Kier alpha value is -2.42. The van der Waals surface area contributed by atoms with Crippen molar-refractivity contribution in [1.82, 2.24) is 5.32 Å². The van der Waals surface area contributed by atoms with Gasteiger partial charge in [-0.05, 0) is 30.5 Å². The summed E-state index contributed by atoms with van der Waals surface area (Å²) in [7, 11) is 1.24. The van der Waals surface area contributed by atoms with E-state index in [9.17, 15) is 19.2 Å². The average Bonchev–Trinajstić information content (AvgIpc) is 3.05. The largest absolute Gasteiger partial charge is 0.467 e. The van der Waals surface area contributed by atoms with E-state index in [-0.39, 0.29) is 12.2 Å². The van der Waals surface area contributed by atoms with Gasteiger partial charge in [0.1, 0.15) is 17.3 Å². The normalized spacial score (nSPS) is 17.1. The zero-order valence-electron chi connectivity index (χ0n) is 13.0. The molecule has 0 heterocycles. The van der Waals surface area contributed by atoms with E-state index in [1.165, 1.54) is 19.2 Å². The highest BCUT2D eigenvalue weighted by molar-refractivity contribution is 5.90. The van der Waals surface area contributed by atoms with Crippen LogP contribution >= 0.6 is 0 Å². The molecule has 23 heavy (non-hydrogen) atoms. The lowest BCUT2D eigenvalue weighted by molar-refractivity contribution is -0.146. The first-order valence-electron chi connectivity index (χ1n) is 7.55. The number of ether oxygens (including phenoxy) is 1. The Bertz CT molecular complexity index is 616. The monoisotopic (exact) mass is 318 g/mol. The van der Waals surface area contributed by atoms with Crippen LogP contribution in [0.1, 0.15) is 31.2 Å². The van der Waals surface area contributed by atoms with E-state index < -0.39 is 23.3 Å². The smallest absolute Gasteiger partial charge is 0.328 e. The molecule has 122 valence electrons. The molecule has 1 fully saturated rings. The molecule has 0 aromatic heterocycles. The quantitative estimate of drug-likeness (QED) is 0.843. The van der Waals surface area contributed by atoms with E-state index in [0.717, 1.165) is 12.8 Å². The Morgan fingerprint density at radius 3 is 2.48 bits per heavy atom. The summed E-state index contributed by atoms with van der Waals surface area (Å²) >= 11 is 0. The number of rotatable bonds is 5. The van der Waals surface area contributed by atoms with Crippen molar-refractivity contribution in [1.29, 1.82) is 5.26 Å². The van der Waals surface area contributed by atoms with Gasteiger partial charge in [-0.25, -0.2) is 9.18 Å². The molecule has 1 aromatic rings. The second-order valence-electron chi connectivity index (χ2n) is 5.78. The van der Waals surface area contributed by atoms with Gasteiger partial charge >= 0.3 is 5.97 Å². The maximum absolute atomic E-state index is 13.0. The number of amides is 1. The molecule has 0 aliphatic heterocycles. The molecule has 1 unspecified atom stereocenters. The van der Waals surface area contributed by atoms with Gasteiger partial charge in [0.2, 0.25) is 5.91 Å².